The maximum Gasteiger partial charge on any atom is 0.242 e. The van der Waals surface area contributed by atoms with Gasteiger partial charge in [0, 0.05) is 24.6 Å². The largest absolute Gasteiger partial charge is 0.367 e. The lowest BCUT2D eigenvalue weighted by Crippen LogP contribution is -2.50. The summed E-state index contributed by atoms with van der Waals surface area (Å²) in [5.41, 5.74) is 13.1. The predicted octanol–water partition coefficient (Wildman–Crippen LogP) is 0.734. The first-order valence-electron chi connectivity index (χ1n) is 7.90. The van der Waals surface area contributed by atoms with Gasteiger partial charge in [0.15, 0.2) is 0 Å². The van der Waals surface area contributed by atoms with Crippen LogP contribution in [0, 0.1) is 13.8 Å². The third-order valence-corrected chi connectivity index (χ3v) is 4.09. The zero-order valence-corrected chi connectivity index (χ0v) is 13.8. The second kappa shape index (κ2) is 7.39. The zero-order valence-electron chi connectivity index (χ0n) is 13.8. The lowest BCUT2D eigenvalue weighted by molar-refractivity contribution is -0.123. The van der Waals surface area contributed by atoms with Gasteiger partial charge in [-0.3, -0.25) is 9.78 Å². The van der Waals surface area contributed by atoms with E-state index in [0.29, 0.717) is 6.54 Å². The fourth-order valence-corrected chi connectivity index (χ4v) is 2.51. The molecule has 126 valence electrons. The van der Waals surface area contributed by atoms with Gasteiger partial charge in [-0.15, -0.1) is 0 Å². The molecule has 1 fully saturated rings. The molecule has 0 radical (unpaired) electrons. The number of rotatable bonds is 5. The van der Waals surface area contributed by atoms with Crippen molar-refractivity contribution in [3.8, 4) is 0 Å². The molecule has 0 spiro atoms. The Morgan fingerprint density at radius 3 is 2.83 bits per heavy atom. The Morgan fingerprint density at radius 1 is 1.21 bits per heavy atom. The molecule has 1 saturated heterocycles. The zero-order chi connectivity index (χ0) is 16.9. The van der Waals surface area contributed by atoms with Crippen LogP contribution in [-0.2, 0) is 11.3 Å². The number of benzene rings is 1. The van der Waals surface area contributed by atoms with Crippen LogP contribution in [0.25, 0.3) is 0 Å². The van der Waals surface area contributed by atoms with Gasteiger partial charge in [-0.2, -0.15) is 5.53 Å². The van der Waals surface area contributed by atoms with E-state index in [9.17, 15) is 4.79 Å². The maximum absolute atomic E-state index is 12.4. The summed E-state index contributed by atoms with van der Waals surface area (Å²) in [6.45, 7) is 4.59. The molecule has 1 aromatic carbocycles. The van der Waals surface area contributed by atoms with Gasteiger partial charge in [-0.05, 0) is 48.7 Å². The molecule has 7 heteroatoms. The van der Waals surface area contributed by atoms with E-state index in [0.717, 1.165) is 11.3 Å². The summed E-state index contributed by atoms with van der Waals surface area (Å²) in [5.74, 6) is -0.0994. The van der Waals surface area contributed by atoms with Crippen molar-refractivity contribution < 1.29 is 4.79 Å². The van der Waals surface area contributed by atoms with Crippen molar-refractivity contribution in [2.75, 3.05) is 5.32 Å². The second-order valence-corrected chi connectivity index (χ2v) is 5.89. The molecular formula is C17H22N6O. The highest BCUT2D eigenvalue weighted by Crippen LogP contribution is 2.15. The van der Waals surface area contributed by atoms with Crippen molar-refractivity contribution in [3.05, 3.63) is 59.4 Å². The fraction of sp³-hybridized carbons (Fsp3) is 0.294. The van der Waals surface area contributed by atoms with Gasteiger partial charge in [0.2, 0.25) is 5.91 Å². The van der Waals surface area contributed by atoms with Crippen LogP contribution >= 0.6 is 0 Å². The van der Waals surface area contributed by atoms with Gasteiger partial charge in [-0.1, -0.05) is 12.1 Å². The summed E-state index contributed by atoms with van der Waals surface area (Å²) < 4.78 is 0. The van der Waals surface area contributed by atoms with Gasteiger partial charge in [0.25, 0.3) is 0 Å². The van der Waals surface area contributed by atoms with Crippen LogP contribution in [0.5, 0.6) is 0 Å². The van der Waals surface area contributed by atoms with Crippen LogP contribution in [0.2, 0.25) is 0 Å². The number of hydrogen-bond donors (Lipinski definition) is 5. The Bertz CT molecular complexity index is 705. The van der Waals surface area contributed by atoms with Crippen LogP contribution in [-0.4, -0.2) is 23.1 Å². The van der Waals surface area contributed by atoms with E-state index < -0.39 is 6.04 Å². The maximum atomic E-state index is 12.4. The number of carbonyl (C=O) groups is 1. The summed E-state index contributed by atoms with van der Waals surface area (Å²) >= 11 is 0. The lowest BCUT2D eigenvalue weighted by Gasteiger charge is -2.20. The number of nitrogens with zero attached hydrogens (tertiary/aromatic N) is 1. The molecule has 2 aromatic rings. The molecule has 2 heterocycles. The Hall–Kier alpha value is -2.48. The monoisotopic (exact) mass is 326 g/mol. The van der Waals surface area contributed by atoms with E-state index in [2.05, 4.69) is 58.0 Å². The Kier molecular flexibility index (Phi) is 5.05. The number of carbonyl (C=O) groups excluding carboxylic acids is 1. The van der Waals surface area contributed by atoms with Crippen LogP contribution in [0.4, 0.5) is 5.69 Å². The number of nitrogens with one attached hydrogen (secondary N) is 5. The van der Waals surface area contributed by atoms with E-state index in [4.69, 9.17) is 0 Å². The molecule has 1 amide bonds. The third-order valence-electron chi connectivity index (χ3n) is 4.09. The molecule has 0 aliphatic carbocycles. The molecule has 1 aromatic heterocycles. The molecule has 0 saturated carbocycles. The molecule has 3 rings (SSSR count). The summed E-state index contributed by atoms with van der Waals surface area (Å²) in [7, 11) is 0. The Labute approximate surface area is 141 Å². The number of amides is 1. The fourth-order valence-electron chi connectivity index (χ4n) is 2.51. The third kappa shape index (κ3) is 3.88. The molecule has 1 aliphatic heterocycles. The standard InChI is InChI=1S/C17H22N6O/c1-11-5-6-14(8-12(11)2)20-16-15(21-23-22-16)17(24)19-10-13-4-3-7-18-9-13/h3-9,15-16,20-23H,10H2,1-2H3,(H,19,24). The smallest absolute Gasteiger partial charge is 0.242 e. The van der Waals surface area contributed by atoms with Crippen LogP contribution in [0.3, 0.4) is 0 Å². The van der Waals surface area contributed by atoms with Crippen LogP contribution < -0.4 is 27.0 Å². The highest BCUT2D eigenvalue weighted by atomic mass is 16.2. The predicted molar refractivity (Wildman–Crippen MR) is 92.6 cm³/mol. The second-order valence-electron chi connectivity index (χ2n) is 5.89. The van der Waals surface area contributed by atoms with Gasteiger partial charge in [0.05, 0.1) is 0 Å². The highest BCUT2D eigenvalue weighted by Gasteiger charge is 2.32. The Morgan fingerprint density at radius 2 is 2.08 bits per heavy atom. The van der Waals surface area contributed by atoms with Gasteiger partial charge in [-0.25, -0.2) is 10.9 Å². The van der Waals surface area contributed by atoms with Gasteiger partial charge >= 0.3 is 0 Å². The van der Waals surface area contributed by atoms with Crippen molar-refractivity contribution in [3.63, 3.8) is 0 Å². The van der Waals surface area contributed by atoms with Gasteiger partial charge < -0.3 is 10.6 Å². The molecule has 5 N–H and O–H groups in total. The molecule has 1 aliphatic rings. The van der Waals surface area contributed by atoms with E-state index >= 15 is 0 Å². The number of aryl methyl sites for hydroxylation is 2. The van der Waals surface area contributed by atoms with E-state index in [1.165, 1.54) is 11.1 Å². The topological polar surface area (TPSA) is 90.1 Å². The first-order valence-corrected chi connectivity index (χ1v) is 7.90. The first kappa shape index (κ1) is 16.4. The first-order chi connectivity index (χ1) is 11.6. The highest BCUT2D eigenvalue weighted by molar-refractivity contribution is 5.83. The average Bonchev–Trinajstić information content (AvgIpc) is 3.05. The number of hydrogen-bond acceptors (Lipinski definition) is 6. The van der Waals surface area contributed by atoms with Crippen molar-refractivity contribution >= 4 is 11.6 Å². The van der Waals surface area contributed by atoms with Crippen molar-refractivity contribution in [2.24, 2.45) is 0 Å². The Balaban J connectivity index is 1.60. The minimum Gasteiger partial charge on any atom is -0.367 e. The molecule has 2 atom stereocenters. The number of aromatic nitrogens is 1. The minimum absolute atomic E-state index is 0.0994. The summed E-state index contributed by atoms with van der Waals surface area (Å²) in [5, 5.41) is 6.24. The van der Waals surface area contributed by atoms with Gasteiger partial charge in [0.1, 0.15) is 12.2 Å². The molecule has 24 heavy (non-hydrogen) atoms. The van der Waals surface area contributed by atoms with Crippen molar-refractivity contribution in [1.82, 2.24) is 26.7 Å². The number of hydrazine groups is 2. The molecule has 7 nitrogen and oxygen atoms in total. The van der Waals surface area contributed by atoms with Crippen LogP contribution in [0.1, 0.15) is 16.7 Å². The van der Waals surface area contributed by atoms with E-state index in [-0.39, 0.29) is 12.1 Å². The van der Waals surface area contributed by atoms with E-state index in [1.807, 2.05) is 18.2 Å². The van der Waals surface area contributed by atoms with E-state index in [1.54, 1.807) is 12.4 Å². The molecule has 0 bridgehead atoms. The summed E-state index contributed by atoms with van der Waals surface area (Å²) in [6.07, 6.45) is 3.19. The molecular weight excluding hydrogens is 304 g/mol. The summed E-state index contributed by atoms with van der Waals surface area (Å²) in [4.78, 5) is 16.5. The number of pyridine rings is 1. The molecule has 2 unspecified atom stereocenters. The summed E-state index contributed by atoms with van der Waals surface area (Å²) in [6, 6.07) is 9.47. The van der Waals surface area contributed by atoms with Crippen LogP contribution in [0.15, 0.2) is 42.7 Å². The SMILES string of the molecule is Cc1ccc(NC2NNNC2C(=O)NCc2cccnc2)cc1C. The lowest BCUT2D eigenvalue weighted by atomic mass is 10.1. The average molecular weight is 326 g/mol. The normalized spacial score (nSPS) is 19.9. The van der Waals surface area contributed by atoms with Crippen molar-refractivity contribution in [1.29, 1.82) is 0 Å². The minimum atomic E-state index is -0.441. The number of anilines is 1. The van der Waals surface area contributed by atoms with Crippen molar-refractivity contribution in [2.45, 2.75) is 32.6 Å². The quantitative estimate of drug-likeness (QED) is 0.557.